The van der Waals surface area contributed by atoms with Crippen molar-refractivity contribution in [3.05, 3.63) is 60.2 Å². The van der Waals surface area contributed by atoms with Gasteiger partial charge in [-0.25, -0.2) is 23.3 Å². The Balaban J connectivity index is 1.57. The molecule has 0 aromatic heterocycles. The fraction of sp³-hybridized carbons (Fsp3) is 0.391. The molecule has 8 heteroatoms. The molecule has 0 radical (unpaired) electrons. The summed E-state index contributed by atoms with van der Waals surface area (Å²) >= 11 is 0. The van der Waals surface area contributed by atoms with E-state index in [9.17, 15) is 18.4 Å². The largest absolute Gasteiger partial charge is 0.480 e. The van der Waals surface area contributed by atoms with Crippen molar-refractivity contribution >= 4 is 23.4 Å². The fourth-order valence-electron chi connectivity index (χ4n) is 3.67. The fourth-order valence-corrected chi connectivity index (χ4v) is 3.67. The van der Waals surface area contributed by atoms with Crippen LogP contribution in [0.1, 0.15) is 25.7 Å². The number of hydrogen-bond donors (Lipinski definition) is 1. The number of carbonyl (C=O) groups excluding carboxylic acids is 1. The van der Waals surface area contributed by atoms with Gasteiger partial charge in [0.05, 0.1) is 24.6 Å². The Morgan fingerprint density at radius 3 is 1.74 bits per heavy atom. The maximum Gasteiger partial charge on any atom is 0.418 e. The van der Waals surface area contributed by atoms with E-state index >= 15 is 0 Å². The van der Waals surface area contributed by atoms with Gasteiger partial charge in [0.1, 0.15) is 18.2 Å². The lowest BCUT2D eigenvalue weighted by Crippen LogP contribution is -2.30. The van der Waals surface area contributed by atoms with Crippen molar-refractivity contribution in [2.24, 2.45) is 11.8 Å². The topological polar surface area (TPSA) is 76.1 Å². The van der Waals surface area contributed by atoms with Gasteiger partial charge in [0, 0.05) is 0 Å². The van der Waals surface area contributed by atoms with Gasteiger partial charge in [0.25, 0.3) is 0 Å². The lowest BCUT2D eigenvalue weighted by molar-refractivity contribution is -0.142. The number of carbonyl (C=O) groups is 2. The second-order valence-electron chi connectivity index (χ2n) is 7.66. The monoisotopic (exact) mass is 433 g/mol. The highest BCUT2D eigenvalue weighted by Crippen LogP contribution is 2.31. The molecule has 3 rings (SSSR count). The molecule has 31 heavy (non-hydrogen) atoms. The Bertz CT molecular complexity index is 819. The first-order valence-electron chi connectivity index (χ1n) is 10.2. The van der Waals surface area contributed by atoms with Gasteiger partial charge < -0.3 is 14.6 Å². The number of halogens is 2. The Morgan fingerprint density at radius 1 is 0.839 bits per heavy atom. The van der Waals surface area contributed by atoms with Crippen molar-refractivity contribution < 1.29 is 33.0 Å². The van der Waals surface area contributed by atoms with Crippen molar-refractivity contribution in [1.29, 1.82) is 0 Å². The minimum atomic E-state index is -0.979. The number of carboxylic acids is 1. The first-order valence-corrected chi connectivity index (χ1v) is 10.2. The summed E-state index contributed by atoms with van der Waals surface area (Å²) in [4.78, 5) is 24.7. The second kappa shape index (κ2) is 10.9. The van der Waals surface area contributed by atoms with Crippen LogP contribution in [0.4, 0.5) is 25.0 Å². The Hall–Kier alpha value is -3.00. The van der Waals surface area contributed by atoms with Gasteiger partial charge in [0.15, 0.2) is 0 Å². The normalized spacial score (nSPS) is 18.4. The summed E-state index contributed by atoms with van der Waals surface area (Å²) in [5, 5.41) is 8.63. The van der Waals surface area contributed by atoms with Gasteiger partial charge >= 0.3 is 12.1 Å². The number of anilines is 2. The SMILES string of the molecule is O=C(O)COCC1CCC(COC(=O)N(c2ccc(F)cc2)c2ccc(F)cc2)CC1. The molecule has 0 atom stereocenters. The van der Waals surface area contributed by atoms with Crippen molar-refractivity contribution in [3.63, 3.8) is 0 Å². The zero-order chi connectivity index (χ0) is 22.2. The number of nitrogens with zero attached hydrogens (tertiary/aromatic N) is 1. The molecule has 6 nitrogen and oxygen atoms in total. The van der Waals surface area contributed by atoms with E-state index < -0.39 is 23.7 Å². The van der Waals surface area contributed by atoms with Gasteiger partial charge in [0.2, 0.25) is 0 Å². The van der Waals surface area contributed by atoms with Gasteiger partial charge in [-0.1, -0.05) is 0 Å². The third kappa shape index (κ3) is 6.75. The van der Waals surface area contributed by atoms with Crippen LogP contribution in [0.15, 0.2) is 48.5 Å². The van der Waals surface area contributed by atoms with E-state index in [1.165, 1.54) is 53.4 Å². The molecule has 1 saturated carbocycles. The van der Waals surface area contributed by atoms with E-state index in [1.807, 2.05) is 0 Å². The smallest absolute Gasteiger partial charge is 0.418 e. The summed E-state index contributed by atoms with van der Waals surface area (Å²) in [6.45, 7) is 0.363. The number of rotatable bonds is 8. The maximum absolute atomic E-state index is 13.3. The molecule has 0 saturated heterocycles. The summed E-state index contributed by atoms with van der Waals surface area (Å²) in [7, 11) is 0. The van der Waals surface area contributed by atoms with Crippen LogP contribution in [0, 0.1) is 23.5 Å². The van der Waals surface area contributed by atoms with E-state index in [-0.39, 0.29) is 19.1 Å². The third-order valence-corrected chi connectivity index (χ3v) is 5.34. The Labute approximate surface area is 179 Å². The molecule has 1 aliphatic rings. The molecule has 2 aromatic carbocycles. The summed E-state index contributed by atoms with van der Waals surface area (Å²) in [5.74, 6) is -1.34. The molecular formula is C23H25F2NO5. The molecule has 0 aliphatic heterocycles. The third-order valence-electron chi connectivity index (χ3n) is 5.34. The van der Waals surface area contributed by atoms with Crippen LogP contribution >= 0.6 is 0 Å². The Kier molecular flexibility index (Phi) is 7.94. The van der Waals surface area contributed by atoms with Crippen molar-refractivity contribution in [2.45, 2.75) is 25.7 Å². The minimum absolute atomic E-state index is 0.197. The van der Waals surface area contributed by atoms with Crippen LogP contribution in [-0.2, 0) is 14.3 Å². The van der Waals surface area contributed by atoms with E-state index in [4.69, 9.17) is 14.6 Å². The first-order chi connectivity index (χ1) is 14.9. The molecular weight excluding hydrogens is 408 g/mol. The average molecular weight is 433 g/mol. The van der Waals surface area contributed by atoms with Crippen LogP contribution in [0.2, 0.25) is 0 Å². The number of amides is 1. The highest BCUT2D eigenvalue weighted by atomic mass is 19.1. The van der Waals surface area contributed by atoms with E-state index in [1.54, 1.807) is 0 Å². The van der Waals surface area contributed by atoms with E-state index in [0.29, 0.717) is 23.9 Å². The number of aliphatic carboxylic acids is 1. The molecule has 0 heterocycles. The summed E-state index contributed by atoms with van der Waals surface area (Å²) in [5.41, 5.74) is 0.828. The van der Waals surface area contributed by atoms with Crippen LogP contribution < -0.4 is 4.90 Å². The Morgan fingerprint density at radius 2 is 1.29 bits per heavy atom. The maximum atomic E-state index is 13.3. The quantitative estimate of drug-likeness (QED) is 0.623. The standard InChI is InChI=1S/C23H25F2NO5/c24-18-5-9-20(10-6-18)26(21-11-7-19(25)8-12-21)23(29)31-14-17-3-1-16(2-4-17)13-30-15-22(27)28/h5-12,16-17H,1-4,13-15H2,(H,27,28). The van der Waals surface area contributed by atoms with Crippen LogP contribution in [0.3, 0.4) is 0 Å². The zero-order valence-corrected chi connectivity index (χ0v) is 17.0. The number of hydrogen-bond acceptors (Lipinski definition) is 4. The number of benzene rings is 2. The first kappa shape index (κ1) is 22.7. The lowest BCUT2D eigenvalue weighted by Gasteiger charge is -2.29. The predicted octanol–water partition coefficient (Wildman–Crippen LogP) is 5.15. The number of carboxylic acid groups (broad SMARTS) is 1. The van der Waals surface area contributed by atoms with Crippen molar-refractivity contribution in [1.82, 2.24) is 0 Å². The molecule has 2 aromatic rings. The number of ether oxygens (including phenoxy) is 2. The lowest BCUT2D eigenvalue weighted by atomic mass is 9.83. The van der Waals surface area contributed by atoms with Gasteiger partial charge in [-0.2, -0.15) is 0 Å². The molecule has 166 valence electrons. The molecule has 0 bridgehead atoms. The molecule has 1 fully saturated rings. The van der Waals surface area contributed by atoms with E-state index in [2.05, 4.69) is 0 Å². The molecule has 0 spiro atoms. The van der Waals surface area contributed by atoms with Crippen LogP contribution in [0.5, 0.6) is 0 Å². The predicted molar refractivity (Wildman–Crippen MR) is 110 cm³/mol. The van der Waals surface area contributed by atoms with Gasteiger partial charge in [-0.05, 0) is 86.1 Å². The van der Waals surface area contributed by atoms with Crippen LogP contribution in [0.25, 0.3) is 0 Å². The second-order valence-corrected chi connectivity index (χ2v) is 7.66. The zero-order valence-electron chi connectivity index (χ0n) is 17.0. The van der Waals surface area contributed by atoms with Gasteiger partial charge in [-0.3, -0.25) is 0 Å². The van der Waals surface area contributed by atoms with Crippen molar-refractivity contribution in [3.8, 4) is 0 Å². The van der Waals surface area contributed by atoms with Crippen LogP contribution in [-0.4, -0.2) is 37.0 Å². The summed E-state index contributed by atoms with van der Waals surface area (Å²) in [6, 6.07) is 10.8. The highest BCUT2D eigenvalue weighted by molar-refractivity contribution is 5.95. The summed E-state index contributed by atoms with van der Waals surface area (Å²) in [6.07, 6.45) is 2.83. The molecule has 1 N–H and O–H groups in total. The van der Waals surface area contributed by atoms with E-state index in [0.717, 1.165) is 25.7 Å². The summed E-state index contributed by atoms with van der Waals surface area (Å²) < 4.78 is 37.4. The van der Waals surface area contributed by atoms with Gasteiger partial charge in [-0.15, -0.1) is 0 Å². The molecule has 1 aliphatic carbocycles. The van der Waals surface area contributed by atoms with Crippen molar-refractivity contribution in [2.75, 3.05) is 24.7 Å². The molecule has 0 unspecified atom stereocenters. The minimum Gasteiger partial charge on any atom is -0.480 e. The average Bonchev–Trinajstić information content (AvgIpc) is 2.76. The molecule has 1 amide bonds. The highest BCUT2D eigenvalue weighted by Gasteiger charge is 2.25.